The highest BCUT2D eigenvalue weighted by atomic mass is 32.2. The number of azo groups is 1. The zero-order valence-corrected chi connectivity index (χ0v) is 8.14. The fourth-order valence-electron chi connectivity index (χ4n) is 0.700. The number of thioether (sulfide) groups is 1. The summed E-state index contributed by atoms with van der Waals surface area (Å²) in [5.74, 6) is 0. The molecule has 0 atom stereocenters. The van der Waals surface area contributed by atoms with E-state index in [1.807, 2.05) is 27.7 Å². The van der Waals surface area contributed by atoms with Crippen molar-refractivity contribution in [2.75, 3.05) is 0 Å². The van der Waals surface area contributed by atoms with E-state index in [9.17, 15) is 0 Å². The van der Waals surface area contributed by atoms with Crippen molar-refractivity contribution in [2.24, 2.45) is 15.2 Å². The van der Waals surface area contributed by atoms with Crippen LogP contribution in [0.5, 0.6) is 0 Å². The average Bonchev–Trinajstić information content (AvgIpc) is 2.08. The number of rotatable bonds is 1. The zero-order chi connectivity index (χ0) is 8.48. The van der Waals surface area contributed by atoms with Crippen LogP contribution in [-0.4, -0.2) is 16.1 Å². The Kier molecular flexibility index (Phi) is 2.32. The van der Waals surface area contributed by atoms with E-state index in [2.05, 4.69) is 15.2 Å². The van der Waals surface area contributed by atoms with Gasteiger partial charge in [0.2, 0.25) is 5.17 Å². The van der Waals surface area contributed by atoms with Crippen LogP contribution in [0, 0.1) is 0 Å². The van der Waals surface area contributed by atoms with Gasteiger partial charge in [0.25, 0.3) is 0 Å². The van der Waals surface area contributed by atoms with Gasteiger partial charge in [-0.15, -0.1) is 5.11 Å². The number of nitrogens with zero attached hydrogens (tertiary/aromatic N) is 3. The molecule has 0 amide bonds. The minimum Gasteiger partial charge on any atom is -0.256 e. The topological polar surface area (TPSA) is 37.1 Å². The van der Waals surface area contributed by atoms with E-state index in [1.54, 1.807) is 11.8 Å². The van der Waals surface area contributed by atoms with E-state index in [1.165, 1.54) is 0 Å². The number of aliphatic imine (C=N–C) groups is 1. The molecule has 0 unspecified atom stereocenters. The normalized spacial score (nSPS) is 25.4. The van der Waals surface area contributed by atoms with Gasteiger partial charge in [-0.2, -0.15) is 5.11 Å². The molecule has 4 heteroatoms. The second-order valence-electron chi connectivity index (χ2n) is 3.25. The van der Waals surface area contributed by atoms with Gasteiger partial charge in [0, 0.05) is 6.04 Å². The molecule has 0 aromatic heterocycles. The van der Waals surface area contributed by atoms with Crippen LogP contribution in [0.15, 0.2) is 15.2 Å². The van der Waals surface area contributed by atoms with Crippen LogP contribution in [0.4, 0.5) is 0 Å². The molecule has 1 heterocycles. The summed E-state index contributed by atoms with van der Waals surface area (Å²) in [7, 11) is 0. The lowest BCUT2D eigenvalue weighted by atomic mass is 10.4. The molecule has 0 aromatic rings. The SMILES string of the molecule is CC(C)N=C1N=NC(C)(C)S1. The fourth-order valence-corrected chi connectivity index (χ4v) is 1.57. The van der Waals surface area contributed by atoms with Gasteiger partial charge in [-0.3, -0.25) is 4.99 Å². The smallest absolute Gasteiger partial charge is 0.206 e. The van der Waals surface area contributed by atoms with Gasteiger partial charge in [0.1, 0.15) is 4.87 Å². The molecule has 1 aliphatic rings. The summed E-state index contributed by atoms with van der Waals surface area (Å²) in [6.45, 7) is 8.14. The van der Waals surface area contributed by atoms with Crippen LogP contribution < -0.4 is 0 Å². The van der Waals surface area contributed by atoms with Crippen molar-refractivity contribution < 1.29 is 0 Å². The van der Waals surface area contributed by atoms with Crippen molar-refractivity contribution in [1.82, 2.24) is 0 Å². The molecule has 0 fully saturated rings. The number of hydrogen-bond acceptors (Lipinski definition) is 3. The highest BCUT2D eigenvalue weighted by Gasteiger charge is 2.26. The first-order valence-electron chi connectivity index (χ1n) is 3.69. The monoisotopic (exact) mass is 171 g/mol. The molecule has 3 nitrogen and oxygen atoms in total. The van der Waals surface area contributed by atoms with Gasteiger partial charge in [-0.05, 0) is 27.7 Å². The predicted octanol–water partition coefficient (Wildman–Crippen LogP) is 2.69. The van der Waals surface area contributed by atoms with Gasteiger partial charge in [0.05, 0.1) is 0 Å². The zero-order valence-electron chi connectivity index (χ0n) is 7.33. The molecule has 0 saturated carbocycles. The van der Waals surface area contributed by atoms with Gasteiger partial charge in [-0.25, -0.2) is 0 Å². The Morgan fingerprint density at radius 3 is 2.45 bits per heavy atom. The first-order valence-corrected chi connectivity index (χ1v) is 4.51. The molecule has 0 saturated heterocycles. The summed E-state index contributed by atoms with van der Waals surface area (Å²) in [4.78, 5) is 4.19. The van der Waals surface area contributed by atoms with Crippen molar-refractivity contribution in [3.8, 4) is 0 Å². The molecule has 62 valence electrons. The van der Waals surface area contributed by atoms with Crippen molar-refractivity contribution in [1.29, 1.82) is 0 Å². The van der Waals surface area contributed by atoms with Crippen LogP contribution in [0.25, 0.3) is 0 Å². The molecular weight excluding hydrogens is 158 g/mol. The fraction of sp³-hybridized carbons (Fsp3) is 0.857. The summed E-state index contributed by atoms with van der Waals surface area (Å²) >= 11 is 1.61. The summed E-state index contributed by atoms with van der Waals surface area (Å²) in [5, 5.41) is 8.84. The van der Waals surface area contributed by atoms with Gasteiger partial charge in [0.15, 0.2) is 0 Å². The second-order valence-corrected chi connectivity index (χ2v) is 4.82. The maximum absolute atomic E-state index is 4.29. The van der Waals surface area contributed by atoms with Crippen molar-refractivity contribution >= 4 is 16.9 Å². The van der Waals surface area contributed by atoms with Crippen molar-refractivity contribution in [3.63, 3.8) is 0 Å². The highest BCUT2D eigenvalue weighted by Crippen LogP contribution is 2.34. The third-order valence-electron chi connectivity index (χ3n) is 1.09. The summed E-state index contributed by atoms with van der Waals surface area (Å²) in [6, 6.07) is 0.311. The average molecular weight is 171 g/mol. The second kappa shape index (κ2) is 2.93. The Labute approximate surface area is 71.4 Å². The van der Waals surface area contributed by atoms with Crippen LogP contribution in [0.3, 0.4) is 0 Å². The van der Waals surface area contributed by atoms with E-state index in [-0.39, 0.29) is 4.87 Å². The maximum atomic E-state index is 4.29. The Morgan fingerprint density at radius 2 is 2.09 bits per heavy atom. The maximum Gasteiger partial charge on any atom is 0.206 e. The predicted molar refractivity (Wildman–Crippen MR) is 49.1 cm³/mol. The molecule has 0 bridgehead atoms. The van der Waals surface area contributed by atoms with Crippen LogP contribution in [-0.2, 0) is 0 Å². The van der Waals surface area contributed by atoms with E-state index in [0.717, 1.165) is 5.17 Å². The quantitative estimate of drug-likeness (QED) is 0.597. The molecule has 0 radical (unpaired) electrons. The Hall–Kier alpha value is -0.380. The summed E-state index contributed by atoms with van der Waals surface area (Å²) < 4.78 is 0. The molecule has 11 heavy (non-hydrogen) atoms. The van der Waals surface area contributed by atoms with E-state index in [0.29, 0.717) is 6.04 Å². The van der Waals surface area contributed by atoms with E-state index >= 15 is 0 Å². The van der Waals surface area contributed by atoms with Crippen LogP contribution in [0.1, 0.15) is 27.7 Å². The molecule has 0 aliphatic carbocycles. The number of hydrogen-bond donors (Lipinski definition) is 0. The van der Waals surface area contributed by atoms with E-state index in [4.69, 9.17) is 0 Å². The molecule has 0 spiro atoms. The number of amidine groups is 1. The minimum absolute atomic E-state index is 0.103. The molecular formula is C7H13N3S. The minimum atomic E-state index is -0.103. The molecule has 1 aliphatic heterocycles. The third kappa shape index (κ3) is 2.61. The molecule has 0 aromatic carbocycles. The molecule has 0 N–H and O–H groups in total. The Bertz CT molecular complexity index is 206. The lowest BCUT2D eigenvalue weighted by Crippen LogP contribution is -2.06. The van der Waals surface area contributed by atoms with Crippen molar-refractivity contribution in [2.45, 2.75) is 38.6 Å². The van der Waals surface area contributed by atoms with Gasteiger partial charge in [-0.1, -0.05) is 11.8 Å². The van der Waals surface area contributed by atoms with Crippen molar-refractivity contribution in [3.05, 3.63) is 0 Å². The Morgan fingerprint density at radius 1 is 1.45 bits per heavy atom. The first-order chi connectivity index (χ1) is 4.99. The summed E-state index contributed by atoms with van der Waals surface area (Å²) in [6.07, 6.45) is 0. The van der Waals surface area contributed by atoms with Crippen LogP contribution in [0.2, 0.25) is 0 Å². The third-order valence-corrected chi connectivity index (χ3v) is 2.04. The standard InChI is InChI=1S/C7H13N3S/c1-5(2)8-6-9-10-7(3,4)11-6/h5H,1-4H3. The highest BCUT2D eigenvalue weighted by molar-refractivity contribution is 8.15. The van der Waals surface area contributed by atoms with Crippen LogP contribution >= 0.6 is 11.8 Å². The van der Waals surface area contributed by atoms with Gasteiger partial charge >= 0.3 is 0 Å². The largest absolute Gasteiger partial charge is 0.256 e. The molecule has 1 rings (SSSR count). The lowest BCUT2D eigenvalue weighted by molar-refractivity contribution is 0.734. The lowest BCUT2D eigenvalue weighted by Gasteiger charge is -2.07. The summed E-state index contributed by atoms with van der Waals surface area (Å²) in [5.41, 5.74) is 0. The van der Waals surface area contributed by atoms with E-state index < -0.39 is 0 Å². The Balaban J connectivity index is 2.64. The first kappa shape index (κ1) is 8.71. The van der Waals surface area contributed by atoms with Gasteiger partial charge < -0.3 is 0 Å².